The summed E-state index contributed by atoms with van der Waals surface area (Å²) in [6, 6.07) is 21.9. The molecule has 5 nitrogen and oxygen atoms in total. The van der Waals surface area contributed by atoms with E-state index >= 15 is 0 Å². The van der Waals surface area contributed by atoms with E-state index in [9.17, 15) is 9.90 Å². The number of rotatable bonds is 6. The van der Waals surface area contributed by atoms with Gasteiger partial charge in [0, 0.05) is 10.9 Å². The molecule has 0 bridgehead atoms. The van der Waals surface area contributed by atoms with Crippen LogP contribution in [0.2, 0.25) is 0 Å². The molecule has 1 N–H and O–H groups in total. The van der Waals surface area contributed by atoms with Gasteiger partial charge in [0.15, 0.2) is 0 Å². The predicted octanol–water partition coefficient (Wildman–Crippen LogP) is 5.56. The van der Waals surface area contributed by atoms with E-state index in [0.29, 0.717) is 34.6 Å². The first-order valence-electron chi connectivity index (χ1n) is 9.35. The molecular weight excluding hydrogens is 368 g/mol. The zero-order chi connectivity index (χ0) is 20.2. The number of carbonyl (C=O) groups excluding carboxylic acids is 1. The second kappa shape index (κ2) is 8.10. The monoisotopic (exact) mass is 388 g/mol. The Morgan fingerprint density at radius 3 is 2.62 bits per heavy atom. The SMILES string of the molecule is CCOC(=O)c1c(-c2cccc(OCc3ccccc3)c2)oc2ccc(O)cc12. The van der Waals surface area contributed by atoms with E-state index < -0.39 is 5.97 Å². The van der Waals surface area contributed by atoms with Crippen LogP contribution in [0.1, 0.15) is 22.8 Å². The second-order valence-electron chi connectivity index (χ2n) is 6.51. The summed E-state index contributed by atoms with van der Waals surface area (Å²) in [6.07, 6.45) is 0. The third-order valence-corrected chi connectivity index (χ3v) is 4.50. The van der Waals surface area contributed by atoms with Gasteiger partial charge in [-0.15, -0.1) is 0 Å². The van der Waals surface area contributed by atoms with Gasteiger partial charge in [-0.05, 0) is 42.8 Å². The summed E-state index contributed by atoms with van der Waals surface area (Å²) in [5.41, 5.74) is 2.54. The van der Waals surface area contributed by atoms with Gasteiger partial charge in [-0.2, -0.15) is 0 Å². The van der Waals surface area contributed by atoms with E-state index in [0.717, 1.165) is 5.56 Å². The number of ether oxygens (including phenoxy) is 2. The van der Waals surface area contributed by atoms with Crippen LogP contribution >= 0.6 is 0 Å². The zero-order valence-corrected chi connectivity index (χ0v) is 15.9. The van der Waals surface area contributed by atoms with Crippen LogP contribution in [-0.4, -0.2) is 17.7 Å². The molecule has 1 aromatic heterocycles. The fourth-order valence-corrected chi connectivity index (χ4v) is 3.16. The Morgan fingerprint density at radius 1 is 1.00 bits per heavy atom. The summed E-state index contributed by atoms with van der Waals surface area (Å²) in [5, 5.41) is 10.4. The molecule has 0 aliphatic heterocycles. The van der Waals surface area contributed by atoms with E-state index in [2.05, 4.69) is 0 Å². The van der Waals surface area contributed by atoms with Gasteiger partial charge < -0.3 is 19.0 Å². The summed E-state index contributed by atoms with van der Waals surface area (Å²) >= 11 is 0. The summed E-state index contributed by atoms with van der Waals surface area (Å²) in [6.45, 7) is 2.42. The lowest BCUT2D eigenvalue weighted by Crippen LogP contribution is -2.05. The molecule has 0 radical (unpaired) electrons. The maximum atomic E-state index is 12.6. The first kappa shape index (κ1) is 18.6. The number of benzene rings is 3. The molecule has 0 spiro atoms. The topological polar surface area (TPSA) is 68.9 Å². The van der Waals surface area contributed by atoms with Crippen LogP contribution < -0.4 is 4.74 Å². The Labute approximate surface area is 168 Å². The normalized spacial score (nSPS) is 10.8. The summed E-state index contributed by atoms with van der Waals surface area (Å²) in [4.78, 5) is 12.6. The highest BCUT2D eigenvalue weighted by Crippen LogP contribution is 2.37. The van der Waals surface area contributed by atoms with Gasteiger partial charge in [0.1, 0.15) is 35.0 Å². The van der Waals surface area contributed by atoms with Gasteiger partial charge in [-0.3, -0.25) is 0 Å². The van der Waals surface area contributed by atoms with Crippen LogP contribution in [0.5, 0.6) is 11.5 Å². The highest BCUT2D eigenvalue weighted by molar-refractivity contribution is 6.09. The number of furan rings is 1. The van der Waals surface area contributed by atoms with Gasteiger partial charge in [0.05, 0.1) is 6.61 Å². The predicted molar refractivity (Wildman–Crippen MR) is 110 cm³/mol. The molecule has 0 aliphatic rings. The number of hydrogen-bond acceptors (Lipinski definition) is 5. The van der Waals surface area contributed by atoms with Gasteiger partial charge in [0.25, 0.3) is 0 Å². The highest BCUT2D eigenvalue weighted by atomic mass is 16.5. The highest BCUT2D eigenvalue weighted by Gasteiger charge is 2.24. The van der Waals surface area contributed by atoms with Crippen LogP contribution in [0.15, 0.2) is 77.2 Å². The zero-order valence-electron chi connectivity index (χ0n) is 15.9. The summed E-state index contributed by atoms with van der Waals surface area (Å²) in [7, 11) is 0. The molecule has 3 aromatic carbocycles. The third kappa shape index (κ3) is 3.94. The molecule has 4 rings (SSSR count). The Kier molecular flexibility index (Phi) is 5.20. The molecule has 0 unspecified atom stereocenters. The number of esters is 1. The van der Waals surface area contributed by atoms with Gasteiger partial charge in [-0.1, -0.05) is 42.5 Å². The van der Waals surface area contributed by atoms with Crippen molar-refractivity contribution in [3.63, 3.8) is 0 Å². The van der Waals surface area contributed by atoms with Crippen LogP contribution in [0, 0.1) is 0 Å². The van der Waals surface area contributed by atoms with Crippen molar-refractivity contribution in [1.82, 2.24) is 0 Å². The smallest absolute Gasteiger partial charge is 0.342 e. The minimum absolute atomic E-state index is 0.0512. The lowest BCUT2D eigenvalue weighted by Gasteiger charge is -2.08. The fraction of sp³-hybridized carbons (Fsp3) is 0.125. The summed E-state index contributed by atoms with van der Waals surface area (Å²) in [5.74, 6) is 0.594. The number of phenols is 1. The van der Waals surface area contributed by atoms with Crippen molar-refractivity contribution in [2.24, 2.45) is 0 Å². The maximum absolute atomic E-state index is 12.6. The number of phenolic OH excluding ortho intramolecular Hbond substituents is 1. The Morgan fingerprint density at radius 2 is 1.83 bits per heavy atom. The van der Waals surface area contributed by atoms with Crippen molar-refractivity contribution in [3.8, 4) is 22.8 Å². The molecule has 0 atom stereocenters. The number of hydrogen-bond donors (Lipinski definition) is 1. The molecule has 0 saturated heterocycles. The number of fused-ring (bicyclic) bond motifs is 1. The van der Waals surface area contributed by atoms with Crippen LogP contribution in [-0.2, 0) is 11.3 Å². The van der Waals surface area contributed by atoms with Gasteiger partial charge in [0.2, 0.25) is 0 Å². The third-order valence-electron chi connectivity index (χ3n) is 4.50. The van der Waals surface area contributed by atoms with E-state index in [4.69, 9.17) is 13.9 Å². The van der Waals surface area contributed by atoms with Crippen LogP contribution in [0.4, 0.5) is 0 Å². The van der Waals surface area contributed by atoms with Gasteiger partial charge >= 0.3 is 5.97 Å². The molecule has 0 aliphatic carbocycles. The Hall–Kier alpha value is -3.73. The van der Waals surface area contributed by atoms with E-state index in [1.165, 1.54) is 12.1 Å². The van der Waals surface area contributed by atoms with E-state index in [1.807, 2.05) is 54.6 Å². The van der Waals surface area contributed by atoms with E-state index in [1.54, 1.807) is 13.0 Å². The molecular formula is C24H20O5. The second-order valence-corrected chi connectivity index (χ2v) is 6.51. The van der Waals surface area contributed by atoms with Crippen molar-refractivity contribution >= 4 is 16.9 Å². The van der Waals surface area contributed by atoms with Crippen molar-refractivity contribution in [2.75, 3.05) is 6.61 Å². The molecule has 146 valence electrons. The molecule has 29 heavy (non-hydrogen) atoms. The molecule has 1 heterocycles. The van der Waals surface area contributed by atoms with Crippen LogP contribution in [0.3, 0.4) is 0 Å². The van der Waals surface area contributed by atoms with Crippen molar-refractivity contribution in [1.29, 1.82) is 0 Å². The van der Waals surface area contributed by atoms with Crippen molar-refractivity contribution < 1.29 is 23.8 Å². The van der Waals surface area contributed by atoms with Gasteiger partial charge in [-0.25, -0.2) is 4.79 Å². The quantitative estimate of drug-likeness (QED) is 0.438. The molecule has 0 amide bonds. The van der Waals surface area contributed by atoms with Crippen molar-refractivity contribution in [2.45, 2.75) is 13.5 Å². The molecule has 4 aromatic rings. The molecule has 0 saturated carbocycles. The molecule has 0 fully saturated rings. The van der Waals surface area contributed by atoms with Crippen LogP contribution in [0.25, 0.3) is 22.3 Å². The Balaban J connectivity index is 1.72. The molecule has 5 heteroatoms. The minimum Gasteiger partial charge on any atom is -0.508 e. The first-order valence-corrected chi connectivity index (χ1v) is 9.35. The lowest BCUT2D eigenvalue weighted by molar-refractivity contribution is 0.0528. The number of carbonyl (C=O) groups is 1. The fourth-order valence-electron chi connectivity index (χ4n) is 3.16. The average molecular weight is 388 g/mol. The summed E-state index contributed by atoms with van der Waals surface area (Å²) < 4.78 is 17.1. The largest absolute Gasteiger partial charge is 0.508 e. The minimum atomic E-state index is -0.498. The average Bonchev–Trinajstić information content (AvgIpc) is 3.12. The standard InChI is InChI=1S/C24H20O5/c1-2-27-24(26)22-20-14-18(25)11-12-21(20)29-23(22)17-9-6-10-19(13-17)28-15-16-7-4-3-5-8-16/h3-14,25H,2,15H2,1H3. The number of aromatic hydroxyl groups is 1. The lowest BCUT2D eigenvalue weighted by atomic mass is 10.1. The van der Waals surface area contributed by atoms with E-state index in [-0.39, 0.29) is 17.9 Å². The van der Waals surface area contributed by atoms with Crippen molar-refractivity contribution in [3.05, 3.63) is 83.9 Å². The first-order chi connectivity index (χ1) is 14.2. The Bertz CT molecular complexity index is 1140. The maximum Gasteiger partial charge on any atom is 0.342 e.